The molecule has 1 heterocycles. The monoisotopic (exact) mass is 706 g/mol. The van der Waals surface area contributed by atoms with E-state index in [1.165, 1.54) is 124 Å². The Bertz CT molecular complexity index is 823. The SMILES string of the molecule is CC(=O)OC[C@H]1O[C@@H](OCCCCCCCCCCCCCCCCCCCCBr)[C@H](OC(C)=O)[C@@H](OC(C)=O)[C@@H]1OC(C)=O. The van der Waals surface area contributed by atoms with E-state index in [0.29, 0.717) is 6.61 Å². The molecule has 10 nitrogen and oxygen atoms in total. The zero-order valence-corrected chi connectivity index (χ0v) is 29.8. The van der Waals surface area contributed by atoms with Crippen molar-refractivity contribution in [3.05, 3.63) is 0 Å². The summed E-state index contributed by atoms with van der Waals surface area (Å²) in [6.07, 6.45) is 17.2. The number of esters is 4. The molecule has 45 heavy (non-hydrogen) atoms. The molecule has 0 unspecified atom stereocenters. The van der Waals surface area contributed by atoms with Crippen LogP contribution in [0.25, 0.3) is 0 Å². The Morgan fingerprint density at radius 3 is 1.29 bits per heavy atom. The molecule has 0 radical (unpaired) electrons. The summed E-state index contributed by atoms with van der Waals surface area (Å²) in [5, 5.41) is 1.13. The van der Waals surface area contributed by atoms with E-state index < -0.39 is 54.6 Å². The van der Waals surface area contributed by atoms with Crippen molar-refractivity contribution in [3.8, 4) is 0 Å². The standard InChI is InChI=1S/C34H59BrO10/c1-26(36)41-25-30-31(42-27(2)37)32(43-28(3)38)33(44-29(4)39)34(45-30)40-24-22-20-18-16-14-12-10-8-6-5-7-9-11-13-15-17-19-21-23-35/h30-34H,5-25H2,1-4H3/t30-,31-,32+,33-,34-/m1/s1. The Morgan fingerprint density at radius 2 is 0.889 bits per heavy atom. The molecule has 1 fully saturated rings. The van der Waals surface area contributed by atoms with E-state index in [4.69, 9.17) is 28.4 Å². The molecule has 0 saturated carbocycles. The lowest BCUT2D eigenvalue weighted by Gasteiger charge is -2.44. The minimum absolute atomic E-state index is 0.268. The molecule has 0 spiro atoms. The Balaban J connectivity index is 2.34. The average Bonchev–Trinajstić information content (AvgIpc) is 2.97. The largest absolute Gasteiger partial charge is 0.463 e. The van der Waals surface area contributed by atoms with Gasteiger partial charge in [0, 0.05) is 39.6 Å². The van der Waals surface area contributed by atoms with Crippen molar-refractivity contribution in [2.75, 3.05) is 18.5 Å². The number of alkyl halides is 1. The summed E-state index contributed by atoms with van der Waals surface area (Å²) in [7, 11) is 0. The first-order chi connectivity index (χ1) is 21.6. The van der Waals surface area contributed by atoms with Crippen LogP contribution >= 0.6 is 15.9 Å². The topological polar surface area (TPSA) is 124 Å². The van der Waals surface area contributed by atoms with Gasteiger partial charge in [-0.25, -0.2) is 0 Å². The second-order valence-corrected chi connectivity index (χ2v) is 12.8. The molecule has 0 bridgehead atoms. The summed E-state index contributed by atoms with van der Waals surface area (Å²) in [5.74, 6) is -2.53. The van der Waals surface area contributed by atoms with Crippen molar-refractivity contribution in [2.24, 2.45) is 0 Å². The Labute approximate surface area is 279 Å². The molecule has 0 amide bonds. The van der Waals surface area contributed by atoms with Gasteiger partial charge in [0.15, 0.2) is 24.6 Å². The van der Waals surface area contributed by atoms with E-state index in [0.717, 1.165) is 24.6 Å². The highest BCUT2D eigenvalue weighted by molar-refractivity contribution is 9.09. The number of carbonyl (C=O) groups is 4. The molecule has 1 aliphatic rings. The number of hydrogen-bond acceptors (Lipinski definition) is 10. The summed E-state index contributed by atoms with van der Waals surface area (Å²) in [6, 6.07) is 0. The summed E-state index contributed by atoms with van der Waals surface area (Å²) in [4.78, 5) is 47.2. The van der Waals surface area contributed by atoms with Gasteiger partial charge in [-0.2, -0.15) is 0 Å². The van der Waals surface area contributed by atoms with Crippen LogP contribution in [0, 0.1) is 0 Å². The number of rotatable bonds is 26. The van der Waals surface area contributed by atoms with Gasteiger partial charge in [-0.15, -0.1) is 0 Å². The molecule has 0 aliphatic carbocycles. The van der Waals surface area contributed by atoms with E-state index in [2.05, 4.69) is 15.9 Å². The van der Waals surface area contributed by atoms with E-state index in [-0.39, 0.29) is 6.61 Å². The van der Waals surface area contributed by atoms with Gasteiger partial charge in [-0.05, 0) is 12.8 Å². The minimum Gasteiger partial charge on any atom is -0.463 e. The van der Waals surface area contributed by atoms with Gasteiger partial charge in [0.05, 0.1) is 0 Å². The summed E-state index contributed by atoms with van der Waals surface area (Å²) < 4.78 is 33.3. The van der Waals surface area contributed by atoms with Crippen LogP contribution in [0.2, 0.25) is 0 Å². The Hall–Kier alpha value is -1.72. The normalized spacial score (nSPS) is 21.2. The van der Waals surface area contributed by atoms with Crippen LogP contribution in [0.5, 0.6) is 0 Å². The van der Waals surface area contributed by atoms with Gasteiger partial charge < -0.3 is 28.4 Å². The van der Waals surface area contributed by atoms with Gasteiger partial charge in [-0.3, -0.25) is 19.2 Å². The number of hydrogen-bond donors (Lipinski definition) is 0. The third-order valence-corrected chi connectivity index (χ3v) is 8.32. The average molecular weight is 708 g/mol. The van der Waals surface area contributed by atoms with Crippen LogP contribution in [0.3, 0.4) is 0 Å². The Morgan fingerprint density at radius 1 is 0.511 bits per heavy atom. The van der Waals surface area contributed by atoms with Crippen molar-refractivity contribution in [3.63, 3.8) is 0 Å². The molecule has 11 heteroatoms. The summed E-state index contributed by atoms with van der Waals surface area (Å²) in [5.41, 5.74) is 0. The van der Waals surface area contributed by atoms with Gasteiger partial charge in [0.25, 0.3) is 0 Å². The Kier molecular flexibility index (Phi) is 24.2. The molecule has 1 rings (SSSR count). The highest BCUT2D eigenvalue weighted by Gasteiger charge is 2.52. The highest BCUT2D eigenvalue weighted by atomic mass is 79.9. The lowest BCUT2D eigenvalue weighted by Crippen LogP contribution is -2.63. The third kappa shape index (κ3) is 20.9. The van der Waals surface area contributed by atoms with Gasteiger partial charge in [-0.1, -0.05) is 119 Å². The van der Waals surface area contributed by atoms with Gasteiger partial charge in [0.2, 0.25) is 0 Å². The van der Waals surface area contributed by atoms with Crippen molar-refractivity contribution in [1.82, 2.24) is 0 Å². The number of halogens is 1. The first kappa shape index (κ1) is 41.3. The molecule has 1 saturated heterocycles. The second-order valence-electron chi connectivity index (χ2n) is 12.0. The number of unbranched alkanes of at least 4 members (excludes halogenated alkanes) is 17. The van der Waals surface area contributed by atoms with Crippen molar-refractivity contribution < 1.29 is 47.6 Å². The molecule has 0 aromatic heterocycles. The molecular formula is C34H59BrO10. The quantitative estimate of drug-likeness (QED) is 0.0386. The van der Waals surface area contributed by atoms with Crippen LogP contribution in [-0.2, 0) is 47.6 Å². The van der Waals surface area contributed by atoms with Crippen molar-refractivity contribution >= 4 is 39.8 Å². The lowest BCUT2D eigenvalue weighted by atomic mass is 9.98. The van der Waals surface area contributed by atoms with E-state index in [1.807, 2.05) is 0 Å². The maximum atomic E-state index is 11.9. The second kappa shape index (κ2) is 26.4. The zero-order chi connectivity index (χ0) is 33.3. The molecule has 5 atom stereocenters. The number of carbonyl (C=O) groups excluding carboxylic acids is 4. The van der Waals surface area contributed by atoms with Crippen LogP contribution in [-0.4, -0.2) is 73.1 Å². The summed E-state index contributed by atoms with van der Waals surface area (Å²) >= 11 is 3.49. The molecule has 262 valence electrons. The smallest absolute Gasteiger partial charge is 0.303 e. The fourth-order valence-corrected chi connectivity index (χ4v) is 5.94. The molecule has 1 aliphatic heterocycles. The highest BCUT2D eigenvalue weighted by Crippen LogP contribution is 2.30. The first-order valence-corrected chi connectivity index (χ1v) is 18.3. The predicted molar refractivity (Wildman–Crippen MR) is 175 cm³/mol. The van der Waals surface area contributed by atoms with Crippen LogP contribution < -0.4 is 0 Å². The summed E-state index contributed by atoms with van der Waals surface area (Å²) in [6.45, 7) is 4.89. The minimum atomic E-state index is -1.21. The fourth-order valence-electron chi connectivity index (χ4n) is 5.55. The third-order valence-electron chi connectivity index (χ3n) is 7.76. The van der Waals surface area contributed by atoms with E-state index >= 15 is 0 Å². The molecule has 0 N–H and O–H groups in total. The zero-order valence-electron chi connectivity index (χ0n) is 28.2. The maximum absolute atomic E-state index is 11.9. The lowest BCUT2D eigenvalue weighted by molar-refractivity contribution is -0.308. The van der Waals surface area contributed by atoms with Crippen LogP contribution in [0.4, 0.5) is 0 Å². The maximum Gasteiger partial charge on any atom is 0.303 e. The molecule has 0 aromatic rings. The molecule has 0 aromatic carbocycles. The fraction of sp³-hybridized carbons (Fsp3) is 0.882. The van der Waals surface area contributed by atoms with Gasteiger partial charge in [0.1, 0.15) is 12.7 Å². The predicted octanol–water partition coefficient (Wildman–Crippen LogP) is 7.50. The van der Waals surface area contributed by atoms with Gasteiger partial charge >= 0.3 is 23.9 Å². The van der Waals surface area contributed by atoms with Crippen molar-refractivity contribution in [2.45, 2.75) is 174 Å². The van der Waals surface area contributed by atoms with E-state index in [9.17, 15) is 19.2 Å². The van der Waals surface area contributed by atoms with Crippen molar-refractivity contribution in [1.29, 1.82) is 0 Å². The number of ether oxygens (including phenoxy) is 6. The van der Waals surface area contributed by atoms with E-state index in [1.54, 1.807) is 0 Å². The molecular weight excluding hydrogens is 648 g/mol. The van der Waals surface area contributed by atoms with Crippen LogP contribution in [0.1, 0.15) is 143 Å². The first-order valence-electron chi connectivity index (χ1n) is 17.1. The van der Waals surface area contributed by atoms with Crippen LogP contribution in [0.15, 0.2) is 0 Å².